The normalized spacial score (nSPS) is 11.9. The molecule has 4 aromatic heterocycles. The van der Waals surface area contributed by atoms with Crippen LogP contribution in [0.25, 0.3) is 27.6 Å². The highest BCUT2D eigenvalue weighted by Gasteiger charge is 2.15. The highest BCUT2D eigenvalue weighted by molar-refractivity contribution is 6.02. The molecule has 0 aromatic carbocycles. The van der Waals surface area contributed by atoms with Gasteiger partial charge in [0.15, 0.2) is 5.65 Å². The number of rotatable bonds is 2. The summed E-state index contributed by atoms with van der Waals surface area (Å²) in [4.78, 5) is 17.0. The van der Waals surface area contributed by atoms with Crippen LogP contribution in [0.15, 0.2) is 29.5 Å². The Morgan fingerprint density at radius 3 is 2.71 bits per heavy atom. The van der Waals surface area contributed by atoms with Crippen LogP contribution in [0.4, 0.5) is 0 Å². The molecule has 7 heteroatoms. The van der Waals surface area contributed by atoms with Crippen LogP contribution in [0.3, 0.4) is 0 Å². The Hall–Kier alpha value is -2.70. The first-order valence-electron chi connectivity index (χ1n) is 6.97. The summed E-state index contributed by atoms with van der Waals surface area (Å²) in [5.41, 5.74) is 2.32. The van der Waals surface area contributed by atoms with Crippen molar-refractivity contribution < 1.29 is 0 Å². The molecule has 4 rings (SSSR count). The largest absolute Gasteiger partial charge is 0.325 e. The maximum Gasteiger partial charge on any atom is 0.283 e. The topological polar surface area (TPSA) is 70.0 Å². The van der Waals surface area contributed by atoms with E-state index in [1.54, 1.807) is 18.6 Å². The fourth-order valence-electron chi connectivity index (χ4n) is 2.90. The van der Waals surface area contributed by atoms with Crippen LogP contribution in [0.2, 0.25) is 0 Å². The molecular formula is C14H14N6O. The van der Waals surface area contributed by atoms with Crippen LogP contribution in [-0.2, 0) is 13.1 Å². The van der Waals surface area contributed by atoms with E-state index in [1.165, 1.54) is 4.52 Å². The second kappa shape index (κ2) is 4.15. The highest BCUT2D eigenvalue weighted by atomic mass is 16.1. The van der Waals surface area contributed by atoms with Crippen molar-refractivity contribution in [3.05, 3.63) is 35.0 Å². The second-order valence-electron chi connectivity index (χ2n) is 4.87. The van der Waals surface area contributed by atoms with E-state index in [2.05, 4.69) is 19.7 Å². The standard InChI is InChI=1S/C14H14N6O/c1-3-18-11-5-6-16-20(11)14(21)10-7-15-13-9(12(10)18)8-17-19(13)4-2/h5-8H,3-4H2,1-2H3. The Morgan fingerprint density at radius 1 is 1.10 bits per heavy atom. The van der Waals surface area contributed by atoms with Gasteiger partial charge in [-0.15, -0.1) is 0 Å². The van der Waals surface area contributed by atoms with Crippen molar-refractivity contribution in [2.45, 2.75) is 26.9 Å². The van der Waals surface area contributed by atoms with E-state index in [4.69, 9.17) is 0 Å². The van der Waals surface area contributed by atoms with Gasteiger partial charge in [0.2, 0.25) is 0 Å². The number of nitrogens with zero attached hydrogens (tertiary/aromatic N) is 6. The van der Waals surface area contributed by atoms with Crippen molar-refractivity contribution >= 4 is 27.6 Å². The SMILES string of the molecule is CCn1ncc2c1ncc1c(=O)n3nccc3n(CC)c12. The second-order valence-corrected chi connectivity index (χ2v) is 4.87. The first-order valence-corrected chi connectivity index (χ1v) is 6.97. The van der Waals surface area contributed by atoms with Gasteiger partial charge in [-0.2, -0.15) is 14.7 Å². The van der Waals surface area contributed by atoms with Gasteiger partial charge in [-0.05, 0) is 13.8 Å². The van der Waals surface area contributed by atoms with Gasteiger partial charge in [0, 0.05) is 25.4 Å². The molecule has 0 spiro atoms. The molecule has 0 saturated carbocycles. The molecular weight excluding hydrogens is 268 g/mol. The van der Waals surface area contributed by atoms with Crippen LogP contribution in [-0.4, -0.2) is 28.9 Å². The summed E-state index contributed by atoms with van der Waals surface area (Å²) < 4.78 is 5.33. The van der Waals surface area contributed by atoms with Gasteiger partial charge in [0.1, 0.15) is 5.65 Å². The van der Waals surface area contributed by atoms with E-state index < -0.39 is 0 Å². The van der Waals surface area contributed by atoms with Gasteiger partial charge in [-0.3, -0.25) is 4.79 Å². The molecule has 0 aliphatic carbocycles. The Kier molecular flexibility index (Phi) is 2.38. The summed E-state index contributed by atoms with van der Waals surface area (Å²) in [5.74, 6) is 0. The summed E-state index contributed by atoms with van der Waals surface area (Å²) in [5, 5.41) is 9.93. The molecule has 7 nitrogen and oxygen atoms in total. The summed E-state index contributed by atoms with van der Waals surface area (Å²) in [7, 11) is 0. The monoisotopic (exact) mass is 282 g/mol. The van der Waals surface area contributed by atoms with E-state index in [-0.39, 0.29) is 5.56 Å². The van der Waals surface area contributed by atoms with Gasteiger partial charge < -0.3 is 4.57 Å². The lowest BCUT2D eigenvalue weighted by molar-refractivity contribution is 0.677. The smallest absolute Gasteiger partial charge is 0.283 e. The number of fused-ring (bicyclic) bond motifs is 4. The van der Waals surface area contributed by atoms with Crippen LogP contribution in [0, 0.1) is 0 Å². The minimum Gasteiger partial charge on any atom is -0.325 e. The number of aryl methyl sites for hydroxylation is 2. The van der Waals surface area contributed by atoms with Gasteiger partial charge in [-0.25, -0.2) is 9.67 Å². The summed E-state index contributed by atoms with van der Waals surface area (Å²) in [6.07, 6.45) is 5.05. The average Bonchev–Trinajstić information content (AvgIpc) is 3.14. The third kappa shape index (κ3) is 1.43. The number of pyridine rings is 1. The van der Waals surface area contributed by atoms with Gasteiger partial charge in [0.05, 0.1) is 28.7 Å². The Balaban J connectivity index is 2.35. The van der Waals surface area contributed by atoms with Gasteiger partial charge >= 0.3 is 0 Å². The lowest BCUT2D eigenvalue weighted by Gasteiger charge is -2.11. The molecule has 0 saturated heterocycles. The third-order valence-electron chi connectivity index (χ3n) is 3.85. The average molecular weight is 282 g/mol. The molecule has 0 amide bonds. The zero-order chi connectivity index (χ0) is 14.6. The molecule has 0 unspecified atom stereocenters. The molecule has 0 radical (unpaired) electrons. The number of hydrogen-bond acceptors (Lipinski definition) is 4. The maximum absolute atomic E-state index is 12.6. The predicted molar refractivity (Wildman–Crippen MR) is 79.4 cm³/mol. The van der Waals surface area contributed by atoms with Crippen molar-refractivity contribution in [1.82, 2.24) is 28.9 Å². The van der Waals surface area contributed by atoms with Crippen molar-refractivity contribution in [3.63, 3.8) is 0 Å². The molecule has 21 heavy (non-hydrogen) atoms. The van der Waals surface area contributed by atoms with Crippen LogP contribution in [0.1, 0.15) is 13.8 Å². The summed E-state index contributed by atoms with van der Waals surface area (Å²) in [6, 6.07) is 1.85. The maximum atomic E-state index is 12.6. The Bertz CT molecular complexity index is 1040. The molecule has 0 fully saturated rings. The zero-order valence-corrected chi connectivity index (χ0v) is 11.8. The van der Waals surface area contributed by atoms with E-state index in [0.717, 1.165) is 35.3 Å². The fourth-order valence-corrected chi connectivity index (χ4v) is 2.90. The van der Waals surface area contributed by atoms with E-state index in [0.29, 0.717) is 5.39 Å². The van der Waals surface area contributed by atoms with Crippen molar-refractivity contribution in [2.24, 2.45) is 0 Å². The summed E-state index contributed by atoms with van der Waals surface area (Å²) >= 11 is 0. The molecule has 106 valence electrons. The first kappa shape index (κ1) is 12.1. The van der Waals surface area contributed by atoms with Crippen LogP contribution < -0.4 is 5.56 Å². The first-order chi connectivity index (χ1) is 10.3. The van der Waals surface area contributed by atoms with E-state index >= 15 is 0 Å². The molecule has 4 aromatic rings. The molecule has 0 atom stereocenters. The molecule has 0 bridgehead atoms. The van der Waals surface area contributed by atoms with Crippen LogP contribution >= 0.6 is 0 Å². The number of aromatic nitrogens is 6. The lowest BCUT2D eigenvalue weighted by atomic mass is 10.2. The molecule has 0 N–H and O–H groups in total. The Labute approximate surface area is 119 Å². The Morgan fingerprint density at radius 2 is 1.95 bits per heavy atom. The van der Waals surface area contributed by atoms with Crippen molar-refractivity contribution in [3.8, 4) is 0 Å². The number of hydrogen-bond donors (Lipinski definition) is 0. The highest BCUT2D eigenvalue weighted by Crippen LogP contribution is 2.23. The lowest BCUT2D eigenvalue weighted by Crippen LogP contribution is -2.19. The molecule has 4 heterocycles. The molecule has 0 aliphatic heterocycles. The predicted octanol–water partition coefficient (Wildman–Crippen LogP) is 1.43. The fraction of sp³-hybridized carbons (Fsp3) is 0.286. The van der Waals surface area contributed by atoms with E-state index in [9.17, 15) is 4.79 Å². The van der Waals surface area contributed by atoms with Crippen molar-refractivity contribution in [1.29, 1.82) is 0 Å². The van der Waals surface area contributed by atoms with Gasteiger partial charge in [-0.1, -0.05) is 0 Å². The minimum atomic E-state index is -0.145. The zero-order valence-electron chi connectivity index (χ0n) is 11.8. The third-order valence-corrected chi connectivity index (χ3v) is 3.85. The van der Waals surface area contributed by atoms with Crippen molar-refractivity contribution in [2.75, 3.05) is 0 Å². The quantitative estimate of drug-likeness (QED) is 0.557. The van der Waals surface area contributed by atoms with Crippen LogP contribution in [0.5, 0.6) is 0 Å². The molecule has 0 aliphatic rings. The summed E-state index contributed by atoms with van der Waals surface area (Å²) in [6.45, 7) is 5.55. The van der Waals surface area contributed by atoms with E-state index in [1.807, 2.05) is 24.6 Å². The van der Waals surface area contributed by atoms with Gasteiger partial charge in [0.25, 0.3) is 5.56 Å². The minimum absolute atomic E-state index is 0.145.